The highest BCUT2D eigenvalue weighted by Gasteiger charge is 2.35. The fourth-order valence-electron chi connectivity index (χ4n) is 2.82. The van der Waals surface area contributed by atoms with Gasteiger partial charge < -0.3 is 10.4 Å². The van der Waals surface area contributed by atoms with Gasteiger partial charge in [-0.15, -0.1) is 0 Å². The number of amides is 1. The quantitative estimate of drug-likeness (QED) is 0.731. The molecule has 0 radical (unpaired) electrons. The minimum Gasteiger partial charge on any atom is -0.481 e. The van der Waals surface area contributed by atoms with Gasteiger partial charge in [-0.1, -0.05) is 27.7 Å². The van der Waals surface area contributed by atoms with Crippen LogP contribution in [0.1, 0.15) is 75.6 Å². The summed E-state index contributed by atoms with van der Waals surface area (Å²) in [5.74, 6) is -1.19. The van der Waals surface area contributed by atoms with E-state index in [1.807, 2.05) is 25.5 Å². The highest BCUT2D eigenvalue weighted by Crippen LogP contribution is 2.26. The predicted molar refractivity (Wildman–Crippen MR) is 89.6 cm³/mol. The lowest BCUT2D eigenvalue weighted by Crippen LogP contribution is -2.42. The largest absolute Gasteiger partial charge is 0.481 e. The Hall–Kier alpha value is -1.85. The predicted octanol–water partition coefficient (Wildman–Crippen LogP) is 3.17. The Balaban J connectivity index is 2.87. The summed E-state index contributed by atoms with van der Waals surface area (Å²) in [6.45, 7) is 9.90. The minimum atomic E-state index is -0.914. The van der Waals surface area contributed by atoms with E-state index in [9.17, 15) is 14.7 Å². The maximum absolute atomic E-state index is 12.3. The van der Waals surface area contributed by atoms with Crippen molar-refractivity contribution in [1.82, 2.24) is 15.1 Å². The van der Waals surface area contributed by atoms with Crippen molar-refractivity contribution in [2.75, 3.05) is 6.54 Å². The first-order valence-corrected chi connectivity index (χ1v) is 8.42. The van der Waals surface area contributed by atoms with E-state index in [-0.39, 0.29) is 18.5 Å². The van der Waals surface area contributed by atoms with E-state index in [1.165, 1.54) is 0 Å². The smallest absolute Gasteiger partial charge is 0.311 e. The molecule has 130 valence electrons. The molecule has 6 heteroatoms. The number of aryl methyl sites for hydroxylation is 1. The van der Waals surface area contributed by atoms with Gasteiger partial charge in [0, 0.05) is 12.2 Å². The zero-order valence-electron chi connectivity index (χ0n) is 14.8. The van der Waals surface area contributed by atoms with Crippen LogP contribution in [0.4, 0.5) is 0 Å². The van der Waals surface area contributed by atoms with Crippen LogP contribution in [-0.2, 0) is 4.79 Å². The summed E-state index contributed by atoms with van der Waals surface area (Å²) < 4.78 is 1.89. The molecule has 1 amide bonds. The first-order chi connectivity index (χ1) is 10.8. The maximum atomic E-state index is 12.3. The minimum absolute atomic E-state index is 0.116. The van der Waals surface area contributed by atoms with Crippen LogP contribution in [0.25, 0.3) is 0 Å². The first kappa shape index (κ1) is 19.2. The molecular weight excluding hydrogens is 294 g/mol. The maximum Gasteiger partial charge on any atom is 0.311 e. The molecule has 1 aromatic rings. The van der Waals surface area contributed by atoms with Crippen LogP contribution >= 0.6 is 0 Å². The van der Waals surface area contributed by atoms with Crippen molar-refractivity contribution in [3.05, 3.63) is 17.5 Å². The number of carbonyl (C=O) groups is 2. The lowest BCUT2D eigenvalue weighted by Gasteiger charge is -2.26. The molecular formula is C17H29N3O3. The third kappa shape index (κ3) is 4.12. The number of aliphatic carboxylic acids is 1. The summed E-state index contributed by atoms with van der Waals surface area (Å²) in [7, 11) is 0. The molecule has 6 nitrogen and oxygen atoms in total. The first-order valence-electron chi connectivity index (χ1n) is 8.42. The van der Waals surface area contributed by atoms with Crippen molar-refractivity contribution in [2.24, 2.45) is 5.41 Å². The number of carboxylic acids is 1. The monoisotopic (exact) mass is 323 g/mol. The molecule has 2 N–H and O–H groups in total. The van der Waals surface area contributed by atoms with E-state index in [2.05, 4.69) is 24.3 Å². The van der Waals surface area contributed by atoms with Crippen molar-refractivity contribution < 1.29 is 14.7 Å². The van der Waals surface area contributed by atoms with Gasteiger partial charge in [-0.3, -0.25) is 14.3 Å². The molecule has 0 bridgehead atoms. The Morgan fingerprint density at radius 3 is 2.26 bits per heavy atom. The molecule has 1 aromatic heterocycles. The van der Waals surface area contributed by atoms with Crippen molar-refractivity contribution in [3.8, 4) is 0 Å². The Bertz CT molecular complexity index is 543. The number of rotatable bonds is 9. The van der Waals surface area contributed by atoms with Crippen LogP contribution in [0.2, 0.25) is 0 Å². The van der Waals surface area contributed by atoms with Gasteiger partial charge in [0.15, 0.2) is 0 Å². The van der Waals surface area contributed by atoms with Gasteiger partial charge in [0.2, 0.25) is 0 Å². The average Bonchev–Trinajstić information content (AvgIpc) is 2.92. The number of aromatic nitrogens is 2. The fraction of sp³-hybridized carbons (Fsp3) is 0.706. The average molecular weight is 323 g/mol. The van der Waals surface area contributed by atoms with Crippen LogP contribution in [0, 0.1) is 12.3 Å². The number of hydrogen-bond donors (Lipinski definition) is 2. The Labute approximate surface area is 138 Å². The number of carboxylic acid groups (broad SMARTS) is 1. The van der Waals surface area contributed by atoms with Crippen LogP contribution in [0.3, 0.4) is 0 Å². The molecule has 0 saturated carbocycles. The molecule has 0 aliphatic heterocycles. The van der Waals surface area contributed by atoms with E-state index in [4.69, 9.17) is 0 Å². The van der Waals surface area contributed by atoms with Crippen molar-refractivity contribution in [3.63, 3.8) is 0 Å². The van der Waals surface area contributed by atoms with Crippen molar-refractivity contribution in [1.29, 1.82) is 0 Å². The zero-order chi connectivity index (χ0) is 17.6. The van der Waals surface area contributed by atoms with Crippen LogP contribution in [-0.4, -0.2) is 33.3 Å². The second kappa shape index (κ2) is 8.13. The Kier molecular flexibility index (Phi) is 6.79. The second-order valence-corrected chi connectivity index (χ2v) is 6.06. The topological polar surface area (TPSA) is 84.2 Å². The van der Waals surface area contributed by atoms with E-state index < -0.39 is 11.4 Å². The van der Waals surface area contributed by atoms with Gasteiger partial charge in [0.25, 0.3) is 5.91 Å². The molecule has 1 heterocycles. The van der Waals surface area contributed by atoms with E-state index >= 15 is 0 Å². The lowest BCUT2D eigenvalue weighted by atomic mass is 9.82. The molecule has 0 aliphatic rings. The summed E-state index contributed by atoms with van der Waals surface area (Å²) >= 11 is 0. The number of nitrogens with one attached hydrogen (secondary N) is 1. The number of hydrogen-bond acceptors (Lipinski definition) is 3. The highest BCUT2D eigenvalue weighted by atomic mass is 16.4. The Morgan fingerprint density at radius 2 is 1.83 bits per heavy atom. The van der Waals surface area contributed by atoms with Gasteiger partial charge >= 0.3 is 5.97 Å². The van der Waals surface area contributed by atoms with Crippen LogP contribution in [0.15, 0.2) is 6.07 Å². The van der Waals surface area contributed by atoms with Crippen molar-refractivity contribution >= 4 is 11.9 Å². The third-order valence-corrected chi connectivity index (χ3v) is 4.84. The summed E-state index contributed by atoms with van der Waals surface area (Å²) in [6, 6.07) is 2.04. The third-order valence-electron chi connectivity index (χ3n) is 4.84. The molecule has 1 rings (SSSR count). The van der Waals surface area contributed by atoms with Crippen LogP contribution < -0.4 is 5.32 Å². The molecule has 0 atom stereocenters. The summed E-state index contributed by atoms with van der Waals surface area (Å²) in [5, 5.41) is 16.6. The summed E-state index contributed by atoms with van der Waals surface area (Å²) in [5.41, 5.74) is 0.378. The lowest BCUT2D eigenvalue weighted by molar-refractivity contribution is -0.149. The summed E-state index contributed by atoms with van der Waals surface area (Å²) in [4.78, 5) is 23.8. The Morgan fingerprint density at radius 1 is 1.26 bits per heavy atom. The molecule has 0 fully saturated rings. The van der Waals surface area contributed by atoms with Gasteiger partial charge in [-0.05, 0) is 38.7 Å². The standard InChI is InChI=1S/C17H29N3O3/c1-6-13(7-2)20-12(5)10-14(19-20)15(21)18-11-17(8-3,9-4)16(22)23/h10,13H,6-9,11H2,1-5H3,(H,18,21)(H,22,23). The summed E-state index contributed by atoms with van der Waals surface area (Å²) in [6.07, 6.45) is 2.85. The molecule has 0 aromatic carbocycles. The van der Waals surface area contributed by atoms with Gasteiger partial charge in [0.05, 0.1) is 11.5 Å². The van der Waals surface area contributed by atoms with Gasteiger partial charge in [-0.2, -0.15) is 5.10 Å². The SMILES string of the molecule is CCC(CC)n1nc(C(=O)NCC(CC)(CC)C(=O)O)cc1C. The molecule has 23 heavy (non-hydrogen) atoms. The highest BCUT2D eigenvalue weighted by molar-refractivity contribution is 5.92. The molecule has 0 saturated heterocycles. The zero-order valence-corrected chi connectivity index (χ0v) is 14.8. The van der Waals surface area contributed by atoms with Gasteiger partial charge in [0.1, 0.15) is 5.69 Å². The van der Waals surface area contributed by atoms with E-state index in [0.29, 0.717) is 18.5 Å². The molecule has 0 spiro atoms. The number of carbonyl (C=O) groups excluding carboxylic acids is 1. The number of nitrogens with zero attached hydrogens (tertiary/aromatic N) is 2. The molecule has 0 aliphatic carbocycles. The van der Waals surface area contributed by atoms with E-state index in [0.717, 1.165) is 18.5 Å². The fourth-order valence-corrected chi connectivity index (χ4v) is 2.82. The second-order valence-electron chi connectivity index (χ2n) is 6.06. The molecule has 0 unspecified atom stereocenters. The van der Waals surface area contributed by atoms with E-state index in [1.54, 1.807) is 6.07 Å². The van der Waals surface area contributed by atoms with Gasteiger partial charge in [-0.25, -0.2) is 0 Å². The van der Waals surface area contributed by atoms with Crippen molar-refractivity contribution in [2.45, 2.75) is 66.3 Å². The normalized spacial score (nSPS) is 11.7. The van der Waals surface area contributed by atoms with Crippen LogP contribution in [0.5, 0.6) is 0 Å².